The Morgan fingerprint density at radius 1 is 1.53 bits per heavy atom. The lowest BCUT2D eigenvalue weighted by molar-refractivity contribution is -0.0721. The van der Waals surface area contributed by atoms with Crippen LogP contribution in [0, 0.1) is 6.92 Å². The van der Waals surface area contributed by atoms with Crippen LogP contribution in [0.4, 0.5) is 8.78 Å². The van der Waals surface area contributed by atoms with Crippen molar-refractivity contribution in [3.05, 3.63) is 29.6 Å². The van der Waals surface area contributed by atoms with Crippen molar-refractivity contribution >= 4 is 12.4 Å². The molecule has 1 heterocycles. The Bertz CT molecular complexity index is 323. The predicted octanol–water partition coefficient (Wildman–Crippen LogP) is 1.44. The van der Waals surface area contributed by atoms with Gasteiger partial charge in [0, 0.05) is 5.69 Å². The van der Waals surface area contributed by atoms with Crippen molar-refractivity contribution in [3.8, 4) is 0 Å². The van der Waals surface area contributed by atoms with Crippen molar-refractivity contribution < 1.29 is 13.9 Å². The normalized spacial score (nSPS) is 13.1. The number of nitrogens with zero attached hydrogens (tertiary/aromatic N) is 1. The van der Waals surface area contributed by atoms with Crippen LogP contribution in [0.1, 0.15) is 17.4 Å². The molecule has 0 aromatic carbocycles. The molecule has 0 spiro atoms. The maximum absolute atomic E-state index is 12.9. The van der Waals surface area contributed by atoms with E-state index in [-0.39, 0.29) is 18.1 Å². The summed E-state index contributed by atoms with van der Waals surface area (Å²) in [5.74, 6) is -3.33. The molecule has 0 radical (unpaired) electrons. The van der Waals surface area contributed by atoms with E-state index in [2.05, 4.69) is 4.98 Å². The molecule has 0 aliphatic carbocycles. The molecule has 1 aromatic heterocycles. The molecule has 0 unspecified atom stereocenters. The van der Waals surface area contributed by atoms with E-state index in [4.69, 9.17) is 10.8 Å². The van der Waals surface area contributed by atoms with E-state index in [0.29, 0.717) is 5.69 Å². The largest absolute Gasteiger partial charge is 0.390 e. The van der Waals surface area contributed by atoms with E-state index in [1.54, 1.807) is 19.1 Å². The Morgan fingerprint density at radius 2 is 2.13 bits per heavy atom. The van der Waals surface area contributed by atoms with Crippen molar-refractivity contribution in [1.82, 2.24) is 4.98 Å². The Balaban J connectivity index is 0.00000196. The number of aliphatic hydroxyl groups is 1. The highest BCUT2D eigenvalue weighted by Crippen LogP contribution is 2.27. The lowest BCUT2D eigenvalue weighted by atomic mass is 10.1. The van der Waals surface area contributed by atoms with Gasteiger partial charge >= 0.3 is 0 Å². The van der Waals surface area contributed by atoms with Crippen LogP contribution in [-0.2, 0) is 0 Å². The highest BCUT2D eigenvalue weighted by molar-refractivity contribution is 5.85. The molecule has 3 N–H and O–H groups in total. The number of hydrogen-bond acceptors (Lipinski definition) is 3. The fraction of sp³-hybridized carbons (Fsp3) is 0.444. The highest BCUT2D eigenvalue weighted by atomic mass is 35.5. The zero-order chi connectivity index (χ0) is 10.8. The van der Waals surface area contributed by atoms with Gasteiger partial charge in [-0.05, 0) is 19.1 Å². The number of alkyl halides is 2. The van der Waals surface area contributed by atoms with Gasteiger partial charge in [-0.25, -0.2) is 8.78 Å². The van der Waals surface area contributed by atoms with Gasteiger partial charge in [0.25, 0.3) is 5.92 Å². The molecule has 3 nitrogen and oxygen atoms in total. The third-order valence-corrected chi connectivity index (χ3v) is 1.89. The highest BCUT2D eigenvalue weighted by Gasteiger charge is 2.38. The molecule has 0 saturated carbocycles. The lowest BCUT2D eigenvalue weighted by Crippen LogP contribution is -2.36. The molecule has 0 saturated heterocycles. The molecule has 0 bridgehead atoms. The summed E-state index contributed by atoms with van der Waals surface area (Å²) >= 11 is 0. The summed E-state index contributed by atoms with van der Waals surface area (Å²) in [4.78, 5) is 3.87. The van der Waals surface area contributed by atoms with Crippen LogP contribution in [0.25, 0.3) is 0 Å². The van der Waals surface area contributed by atoms with Crippen molar-refractivity contribution in [2.75, 3.05) is 6.61 Å². The lowest BCUT2D eigenvalue weighted by Gasteiger charge is -2.20. The molecular formula is C9H13ClF2N2O. The molecule has 6 heteroatoms. The Labute approximate surface area is 92.7 Å². The van der Waals surface area contributed by atoms with Gasteiger partial charge in [0.2, 0.25) is 0 Å². The average Bonchev–Trinajstić information content (AvgIpc) is 2.16. The van der Waals surface area contributed by atoms with E-state index in [0.717, 1.165) is 0 Å². The molecule has 15 heavy (non-hydrogen) atoms. The molecule has 1 atom stereocenters. The van der Waals surface area contributed by atoms with Crippen molar-refractivity contribution in [3.63, 3.8) is 0 Å². The van der Waals surface area contributed by atoms with Gasteiger partial charge < -0.3 is 10.8 Å². The zero-order valence-corrected chi connectivity index (χ0v) is 8.97. The van der Waals surface area contributed by atoms with Gasteiger partial charge in [-0.2, -0.15) is 0 Å². The van der Waals surface area contributed by atoms with Crippen LogP contribution in [0.2, 0.25) is 0 Å². The number of hydrogen-bond donors (Lipinski definition) is 2. The Kier molecular flexibility index (Phi) is 5.07. The topological polar surface area (TPSA) is 59.1 Å². The van der Waals surface area contributed by atoms with Crippen molar-refractivity contribution in [1.29, 1.82) is 0 Å². The van der Waals surface area contributed by atoms with Gasteiger partial charge in [0.05, 0.1) is 5.69 Å². The maximum Gasteiger partial charge on any atom is 0.291 e. The van der Waals surface area contributed by atoms with Crippen LogP contribution >= 0.6 is 12.4 Å². The van der Waals surface area contributed by atoms with Crippen molar-refractivity contribution in [2.45, 2.75) is 18.9 Å². The van der Waals surface area contributed by atoms with E-state index in [1.807, 2.05) is 0 Å². The average molecular weight is 239 g/mol. The summed E-state index contributed by atoms with van der Waals surface area (Å²) in [7, 11) is 0. The number of pyridine rings is 1. The minimum atomic E-state index is -3.33. The number of aliphatic hydroxyl groups excluding tert-OH is 1. The zero-order valence-electron chi connectivity index (χ0n) is 8.15. The minimum Gasteiger partial charge on any atom is -0.390 e. The van der Waals surface area contributed by atoms with E-state index < -0.39 is 18.6 Å². The fourth-order valence-corrected chi connectivity index (χ4v) is 1.05. The van der Waals surface area contributed by atoms with Crippen LogP contribution in [0.5, 0.6) is 0 Å². The van der Waals surface area contributed by atoms with Crippen LogP contribution in [-0.4, -0.2) is 22.6 Å². The monoisotopic (exact) mass is 238 g/mol. The van der Waals surface area contributed by atoms with Gasteiger partial charge in [-0.3, -0.25) is 4.98 Å². The number of aryl methyl sites for hydroxylation is 1. The maximum atomic E-state index is 12.9. The van der Waals surface area contributed by atoms with Gasteiger partial charge in [-0.1, -0.05) is 6.07 Å². The van der Waals surface area contributed by atoms with Gasteiger partial charge in [0.15, 0.2) is 0 Å². The first kappa shape index (κ1) is 14.2. The first-order valence-electron chi connectivity index (χ1n) is 4.15. The quantitative estimate of drug-likeness (QED) is 0.838. The Hall–Kier alpha value is -0.780. The number of aromatic nitrogens is 1. The van der Waals surface area contributed by atoms with E-state index in [9.17, 15) is 8.78 Å². The van der Waals surface area contributed by atoms with Gasteiger partial charge in [-0.15, -0.1) is 12.4 Å². The predicted molar refractivity (Wildman–Crippen MR) is 55.2 cm³/mol. The van der Waals surface area contributed by atoms with Gasteiger partial charge in [0.1, 0.15) is 12.6 Å². The smallest absolute Gasteiger partial charge is 0.291 e. The molecule has 0 aliphatic heterocycles. The van der Waals surface area contributed by atoms with E-state index in [1.165, 1.54) is 6.07 Å². The molecule has 86 valence electrons. The Morgan fingerprint density at radius 3 is 2.60 bits per heavy atom. The molecule has 0 fully saturated rings. The van der Waals surface area contributed by atoms with Crippen molar-refractivity contribution in [2.24, 2.45) is 5.73 Å². The summed E-state index contributed by atoms with van der Waals surface area (Å²) in [5.41, 5.74) is 5.98. The molecule has 1 aromatic rings. The number of halogens is 3. The molecule has 0 amide bonds. The van der Waals surface area contributed by atoms with Crippen LogP contribution in [0.15, 0.2) is 18.2 Å². The summed E-state index contributed by atoms with van der Waals surface area (Å²) in [6, 6.07) is 3.15. The minimum absolute atomic E-state index is 0. The van der Waals surface area contributed by atoms with Crippen LogP contribution in [0.3, 0.4) is 0 Å². The first-order chi connectivity index (χ1) is 6.47. The van der Waals surface area contributed by atoms with E-state index >= 15 is 0 Å². The second kappa shape index (κ2) is 5.34. The molecular weight excluding hydrogens is 226 g/mol. The third kappa shape index (κ3) is 3.37. The molecule has 0 aliphatic rings. The summed E-state index contributed by atoms with van der Waals surface area (Å²) < 4.78 is 25.9. The van der Waals surface area contributed by atoms with Crippen LogP contribution < -0.4 is 5.73 Å². The molecule has 1 rings (SSSR count). The summed E-state index contributed by atoms with van der Waals surface area (Å²) in [5, 5.41) is 8.44. The summed E-state index contributed by atoms with van der Waals surface area (Å²) in [6.45, 7) is 0.414. The SMILES string of the molecule is Cc1cccc([C@H](N)C(F)(F)CO)n1.Cl. The number of rotatable bonds is 3. The second-order valence-corrected chi connectivity index (χ2v) is 3.10. The third-order valence-electron chi connectivity index (χ3n) is 1.89. The second-order valence-electron chi connectivity index (χ2n) is 3.10. The fourth-order valence-electron chi connectivity index (χ4n) is 1.05. The first-order valence-corrected chi connectivity index (χ1v) is 4.15. The summed E-state index contributed by atoms with van der Waals surface area (Å²) in [6.07, 6.45) is 0. The number of nitrogens with two attached hydrogens (primary N) is 1. The standard InChI is InChI=1S/C9H12F2N2O.ClH/c1-6-3-2-4-7(13-6)8(12)9(10,11)5-14;/h2-4,8,14H,5,12H2,1H3;1H/t8-;/m0./s1.